The highest BCUT2D eigenvalue weighted by molar-refractivity contribution is 7.26. The molecule has 0 unspecified atom stereocenters. The van der Waals surface area contributed by atoms with E-state index >= 15 is 0 Å². The van der Waals surface area contributed by atoms with Crippen LogP contribution in [0.2, 0.25) is 0 Å². The third kappa shape index (κ3) is 3.94. The van der Waals surface area contributed by atoms with E-state index in [0.717, 1.165) is 0 Å². The molecule has 0 spiro atoms. The summed E-state index contributed by atoms with van der Waals surface area (Å²) in [5, 5.41) is 13.0. The first-order chi connectivity index (χ1) is 23.3. The second-order valence-corrected chi connectivity index (χ2v) is 13.4. The molecule has 1 aromatic heterocycles. The molecular formula is C46H28S. The van der Waals surface area contributed by atoms with E-state index in [0.29, 0.717) is 0 Å². The minimum Gasteiger partial charge on any atom is -0.135 e. The van der Waals surface area contributed by atoms with Gasteiger partial charge in [-0.05, 0) is 83.0 Å². The Labute approximate surface area is 276 Å². The van der Waals surface area contributed by atoms with E-state index in [2.05, 4.69) is 170 Å². The van der Waals surface area contributed by atoms with E-state index in [1.54, 1.807) is 0 Å². The molecule has 0 fully saturated rings. The molecule has 0 saturated heterocycles. The van der Waals surface area contributed by atoms with Gasteiger partial charge in [-0.25, -0.2) is 0 Å². The summed E-state index contributed by atoms with van der Waals surface area (Å²) < 4.78 is 2.65. The van der Waals surface area contributed by atoms with Gasteiger partial charge in [-0.15, -0.1) is 11.3 Å². The van der Waals surface area contributed by atoms with E-state index in [9.17, 15) is 0 Å². The van der Waals surface area contributed by atoms with Crippen LogP contribution in [0.4, 0.5) is 0 Å². The van der Waals surface area contributed by atoms with Gasteiger partial charge in [-0.2, -0.15) is 0 Å². The molecule has 0 saturated carbocycles. The Kier molecular flexibility index (Phi) is 5.85. The van der Waals surface area contributed by atoms with Crippen LogP contribution in [0.15, 0.2) is 170 Å². The molecule has 0 aliphatic rings. The fraction of sp³-hybridized carbons (Fsp3) is 0. The van der Waals surface area contributed by atoms with Gasteiger partial charge in [0.05, 0.1) is 0 Å². The van der Waals surface area contributed by atoms with Gasteiger partial charge >= 0.3 is 0 Å². The lowest BCUT2D eigenvalue weighted by atomic mass is 9.85. The van der Waals surface area contributed by atoms with Gasteiger partial charge in [0.1, 0.15) is 0 Å². The zero-order chi connectivity index (χ0) is 30.9. The van der Waals surface area contributed by atoms with Gasteiger partial charge in [0.25, 0.3) is 0 Å². The first-order valence-corrected chi connectivity index (χ1v) is 17.0. The second kappa shape index (κ2) is 10.4. The van der Waals surface area contributed by atoms with Gasteiger partial charge in [-0.3, -0.25) is 0 Å². The summed E-state index contributed by atoms with van der Waals surface area (Å²) in [7, 11) is 0. The highest BCUT2D eigenvalue weighted by atomic mass is 32.1. The molecule has 0 N–H and O–H groups in total. The SMILES string of the molecule is c1ccc(-c2c3ccccc3c(-c3cccc4sc5c(-c6cc7ccccc7c7ccccc67)cccc5c34)c3ccccc23)cc1. The van der Waals surface area contributed by atoms with Crippen LogP contribution in [0.3, 0.4) is 0 Å². The Bertz CT molecular complexity index is 2780. The first-order valence-electron chi connectivity index (χ1n) is 16.2. The van der Waals surface area contributed by atoms with E-state index in [-0.39, 0.29) is 0 Å². The van der Waals surface area contributed by atoms with E-state index in [1.807, 2.05) is 11.3 Å². The largest absolute Gasteiger partial charge is 0.135 e. The number of rotatable bonds is 3. The Morgan fingerprint density at radius 1 is 0.319 bits per heavy atom. The van der Waals surface area contributed by atoms with Crippen LogP contribution in [0.25, 0.3) is 96.6 Å². The minimum atomic E-state index is 1.25. The molecule has 0 atom stereocenters. The average Bonchev–Trinajstić information content (AvgIpc) is 3.53. The summed E-state index contributed by atoms with van der Waals surface area (Å²) in [4.78, 5) is 0. The highest BCUT2D eigenvalue weighted by Crippen LogP contribution is 2.49. The predicted octanol–water partition coefficient (Wildman–Crippen LogP) is 13.7. The van der Waals surface area contributed by atoms with Gasteiger partial charge in [0, 0.05) is 25.7 Å². The molecule has 0 aliphatic carbocycles. The zero-order valence-electron chi connectivity index (χ0n) is 25.6. The molecule has 1 heteroatoms. The maximum atomic E-state index is 2.39. The van der Waals surface area contributed by atoms with E-state index in [4.69, 9.17) is 0 Å². The molecule has 0 nitrogen and oxygen atoms in total. The number of hydrogen-bond donors (Lipinski definition) is 0. The number of thiophene rings is 1. The van der Waals surface area contributed by atoms with Crippen LogP contribution in [0.1, 0.15) is 0 Å². The lowest BCUT2D eigenvalue weighted by Gasteiger charge is -2.18. The molecule has 10 aromatic rings. The summed E-state index contributed by atoms with van der Waals surface area (Å²) in [6.45, 7) is 0. The van der Waals surface area contributed by atoms with Crippen molar-refractivity contribution in [1.29, 1.82) is 0 Å². The third-order valence-electron chi connectivity index (χ3n) is 9.84. The van der Waals surface area contributed by atoms with Crippen molar-refractivity contribution in [2.75, 3.05) is 0 Å². The van der Waals surface area contributed by atoms with Gasteiger partial charge in [-0.1, -0.05) is 158 Å². The molecule has 0 radical (unpaired) electrons. The molecule has 0 bridgehead atoms. The zero-order valence-corrected chi connectivity index (χ0v) is 26.4. The monoisotopic (exact) mass is 612 g/mol. The molecule has 218 valence electrons. The van der Waals surface area contributed by atoms with Crippen molar-refractivity contribution in [2.24, 2.45) is 0 Å². The third-order valence-corrected chi connectivity index (χ3v) is 11.0. The standard InChI is InChI=1S/C46H28S/c1-2-14-29(15-3-1)43-34-20-8-10-22-36(34)44(37-23-11-9-21-35(37)43)39-25-13-27-42-45(39)40-26-12-24-38(46(40)47-42)41-28-30-16-4-5-17-31(30)32-18-6-7-19-33(32)41/h1-28H. The number of fused-ring (bicyclic) bond motifs is 8. The Hall–Kier alpha value is -5.76. The average molecular weight is 613 g/mol. The van der Waals surface area contributed by atoms with Crippen molar-refractivity contribution in [2.45, 2.75) is 0 Å². The Morgan fingerprint density at radius 3 is 1.57 bits per heavy atom. The normalized spacial score (nSPS) is 11.8. The van der Waals surface area contributed by atoms with E-state index < -0.39 is 0 Å². The summed E-state index contributed by atoms with van der Waals surface area (Å²) in [5.74, 6) is 0. The topological polar surface area (TPSA) is 0 Å². The lowest BCUT2D eigenvalue weighted by molar-refractivity contribution is 1.67. The molecule has 9 aromatic carbocycles. The highest BCUT2D eigenvalue weighted by Gasteiger charge is 2.21. The lowest BCUT2D eigenvalue weighted by Crippen LogP contribution is -1.91. The van der Waals surface area contributed by atoms with Crippen molar-refractivity contribution in [3.8, 4) is 33.4 Å². The summed E-state index contributed by atoms with van der Waals surface area (Å²) >= 11 is 1.92. The van der Waals surface area contributed by atoms with Crippen molar-refractivity contribution in [1.82, 2.24) is 0 Å². The molecule has 0 aliphatic heterocycles. The van der Waals surface area contributed by atoms with Gasteiger partial charge in [0.2, 0.25) is 0 Å². The fourth-order valence-electron chi connectivity index (χ4n) is 7.88. The first kappa shape index (κ1) is 26.5. The number of hydrogen-bond acceptors (Lipinski definition) is 1. The smallest absolute Gasteiger partial charge is 0.0434 e. The second-order valence-electron chi connectivity index (χ2n) is 12.4. The van der Waals surface area contributed by atoms with Crippen LogP contribution in [-0.2, 0) is 0 Å². The molecule has 0 amide bonds. The van der Waals surface area contributed by atoms with Crippen LogP contribution < -0.4 is 0 Å². The van der Waals surface area contributed by atoms with Crippen LogP contribution in [0, 0.1) is 0 Å². The van der Waals surface area contributed by atoms with Crippen LogP contribution >= 0.6 is 11.3 Å². The van der Waals surface area contributed by atoms with Crippen LogP contribution in [-0.4, -0.2) is 0 Å². The van der Waals surface area contributed by atoms with Crippen molar-refractivity contribution >= 4 is 74.6 Å². The van der Waals surface area contributed by atoms with Gasteiger partial charge in [0.15, 0.2) is 0 Å². The van der Waals surface area contributed by atoms with Crippen molar-refractivity contribution in [3.05, 3.63) is 170 Å². The fourth-order valence-corrected chi connectivity index (χ4v) is 9.14. The van der Waals surface area contributed by atoms with E-state index in [1.165, 1.54) is 96.6 Å². The molecule has 1 heterocycles. The van der Waals surface area contributed by atoms with Crippen molar-refractivity contribution in [3.63, 3.8) is 0 Å². The van der Waals surface area contributed by atoms with Gasteiger partial charge < -0.3 is 0 Å². The summed E-state index contributed by atoms with van der Waals surface area (Å²) in [6.07, 6.45) is 0. The maximum Gasteiger partial charge on any atom is 0.0434 e. The molecule has 10 rings (SSSR count). The Balaban J connectivity index is 1.31. The summed E-state index contributed by atoms with van der Waals surface area (Å²) in [5.41, 5.74) is 7.74. The predicted molar refractivity (Wildman–Crippen MR) is 206 cm³/mol. The quantitative estimate of drug-likeness (QED) is 0.138. The van der Waals surface area contributed by atoms with Crippen LogP contribution in [0.5, 0.6) is 0 Å². The Morgan fingerprint density at radius 2 is 0.851 bits per heavy atom. The van der Waals surface area contributed by atoms with Crippen molar-refractivity contribution < 1.29 is 0 Å². The minimum absolute atomic E-state index is 1.25. The maximum absolute atomic E-state index is 2.39. The molecular weight excluding hydrogens is 585 g/mol. The molecule has 47 heavy (non-hydrogen) atoms. The number of benzene rings is 9. The summed E-state index contributed by atoms with van der Waals surface area (Å²) in [6, 6.07) is 62.6.